The van der Waals surface area contributed by atoms with Gasteiger partial charge in [0.15, 0.2) is 5.96 Å². The third-order valence-electron chi connectivity index (χ3n) is 4.46. The minimum Gasteiger partial charge on any atom is -0.379 e. The summed E-state index contributed by atoms with van der Waals surface area (Å²) in [6.07, 6.45) is 0. The summed E-state index contributed by atoms with van der Waals surface area (Å²) in [5.74, 6) is 0.583. The zero-order valence-electron chi connectivity index (χ0n) is 15.1. The molecule has 2 rings (SSSR count). The third-order valence-corrected chi connectivity index (χ3v) is 4.46. The lowest BCUT2D eigenvalue weighted by Crippen LogP contribution is -2.52. The van der Waals surface area contributed by atoms with Crippen molar-refractivity contribution in [3.05, 3.63) is 35.1 Å². The van der Waals surface area contributed by atoms with Crippen molar-refractivity contribution in [3.63, 3.8) is 0 Å². The van der Waals surface area contributed by atoms with Crippen molar-refractivity contribution in [2.75, 3.05) is 33.4 Å². The number of aryl methyl sites for hydroxylation is 1. The van der Waals surface area contributed by atoms with Crippen LogP contribution in [-0.2, 0) is 11.3 Å². The van der Waals surface area contributed by atoms with Gasteiger partial charge in [0.2, 0.25) is 0 Å². The topological polar surface area (TPSA) is 48.9 Å². The van der Waals surface area contributed by atoms with Crippen LogP contribution >= 0.6 is 0 Å². The smallest absolute Gasteiger partial charge is 0.191 e. The molecule has 2 atom stereocenters. The fourth-order valence-electron chi connectivity index (χ4n) is 2.98. The molecule has 6 heteroatoms. The Hall–Kier alpha value is -1.66. The van der Waals surface area contributed by atoms with Gasteiger partial charge >= 0.3 is 0 Å². The summed E-state index contributed by atoms with van der Waals surface area (Å²) in [6.45, 7) is 10.2. The minimum atomic E-state index is -0.172. The van der Waals surface area contributed by atoms with E-state index in [-0.39, 0.29) is 5.82 Å². The molecule has 1 aromatic rings. The first-order valence-corrected chi connectivity index (χ1v) is 8.54. The molecule has 1 aromatic carbocycles. The second kappa shape index (κ2) is 8.99. The Morgan fingerprint density at radius 1 is 1.46 bits per heavy atom. The summed E-state index contributed by atoms with van der Waals surface area (Å²) in [7, 11) is 1.76. The summed E-state index contributed by atoms with van der Waals surface area (Å²) >= 11 is 0. The van der Waals surface area contributed by atoms with Gasteiger partial charge in [-0.25, -0.2) is 4.39 Å². The average Bonchev–Trinajstić information content (AvgIpc) is 2.58. The van der Waals surface area contributed by atoms with Crippen LogP contribution in [0.4, 0.5) is 4.39 Å². The van der Waals surface area contributed by atoms with Crippen molar-refractivity contribution in [2.24, 2.45) is 4.99 Å². The lowest BCUT2D eigenvalue weighted by molar-refractivity contribution is -0.0174. The number of nitrogens with zero attached hydrogens (tertiary/aromatic N) is 2. The van der Waals surface area contributed by atoms with E-state index in [1.54, 1.807) is 20.0 Å². The molecule has 1 fully saturated rings. The first kappa shape index (κ1) is 18.7. The fourth-order valence-corrected chi connectivity index (χ4v) is 2.98. The van der Waals surface area contributed by atoms with Crippen molar-refractivity contribution in [1.82, 2.24) is 15.5 Å². The van der Waals surface area contributed by atoms with Gasteiger partial charge < -0.3 is 15.4 Å². The van der Waals surface area contributed by atoms with Crippen molar-refractivity contribution in [1.29, 1.82) is 0 Å². The van der Waals surface area contributed by atoms with Gasteiger partial charge in [-0.2, -0.15) is 0 Å². The third kappa shape index (κ3) is 5.18. The lowest BCUT2D eigenvalue weighted by atomic mass is 10.1. The molecule has 1 heterocycles. The number of hydrogen-bond donors (Lipinski definition) is 2. The van der Waals surface area contributed by atoms with E-state index < -0.39 is 0 Å². The molecule has 1 aliphatic rings. The summed E-state index contributed by atoms with van der Waals surface area (Å²) < 4.78 is 18.8. The van der Waals surface area contributed by atoms with Crippen LogP contribution in [0.1, 0.15) is 25.0 Å². The van der Waals surface area contributed by atoms with Crippen LogP contribution in [0.2, 0.25) is 0 Å². The molecule has 0 saturated carbocycles. The molecule has 0 spiro atoms. The maximum Gasteiger partial charge on any atom is 0.191 e. The van der Waals surface area contributed by atoms with Gasteiger partial charge in [-0.1, -0.05) is 12.1 Å². The molecule has 2 unspecified atom stereocenters. The maximum atomic E-state index is 13.3. The Morgan fingerprint density at radius 3 is 2.92 bits per heavy atom. The molecule has 0 amide bonds. The second-order valence-electron chi connectivity index (χ2n) is 6.40. The molecule has 0 aliphatic carbocycles. The number of aliphatic imine (C=N–C) groups is 1. The van der Waals surface area contributed by atoms with Gasteiger partial charge in [0, 0.05) is 38.8 Å². The first-order valence-electron chi connectivity index (χ1n) is 8.54. The SMILES string of the molecule is CN=C(NCc1ccc(F)c(C)c1)NCC(C)N1CCOCC1C. The van der Waals surface area contributed by atoms with E-state index in [1.165, 1.54) is 6.07 Å². The van der Waals surface area contributed by atoms with Gasteiger partial charge in [-0.3, -0.25) is 9.89 Å². The van der Waals surface area contributed by atoms with E-state index in [0.29, 0.717) is 24.2 Å². The number of benzene rings is 1. The van der Waals surface area contributed by atoms with Gasteiger partial charge in [-0.15, -0.1) is 0 Å². The van der Waals surface area contributed by atoms with Gasteiger partial charge in [0.1, 0.15) is 5.82 Å². The van der Waals surface area contributed by atoms with Crippen LogP contribution in [0.25, 0.3) is 0 Å². The highest BCUT2D eigenvalue weighted by Gasteiger charge is 2.23. The summed E-state index contributed by atoms with van der Waals surface area (Å²) in [6, 6.07) is 5.99. The predicted octanol–water partition coefficient (Wildman–Crippen LogP) is 1.91. The number of hydrogen-bond acceptors (Lipinski definition) is 3. The molecule has 0 bridgehead atoms. The van der Waals surface area contributed by atoms with Crippen molar-refractivity contribution in [3.8, 4) is 0 Å². The fraction of sp³-hybridized carbons (Fsp3) is 0.611. The van der Waals surface area contributed by atoms with E-state index in [4.69, 9.17) is 4.74 Å². The lowest BCUT2D eigenvalue weighted by Gasteiger charge is -2.38. The average molecular weight is 336 g/mol. The van der Waals surface area contributed by atoms with Gasteiger partial charge in [0.25, 0.3) is 0 Å². The zero-order valence-corrected chi connectivity index (χ0v) is 15.1. The van der Waals surface area contributed by atoms with E-state index in [0.717, 1.165) is 37.8 Å². The Labute approximate surface area is 144 Å². The summed E-state index contributed by atoms with van der Waals surface area (Å²) in [4.78, 5) is 6.71. The summed E-state index contributed by atoms with van der Waals surface area (Å²) in [5.41, 5.74) is 1.69. The van der Waals surface area contributed by atoms with Crippen LogP contribution in [0.3, 0.4) is 0 Å². The molecule has 24 heavy (non-hydrogen) atoms. The Balaban J connectivity index is 1.80. The molecular weight excluding hydrogens is 307 g/mol. The quantitative estimate of drug-likeness (QED) is 0.637. The van der Waals surface area contributed by atoms with Crippen LogP contribution in [0.5, 0.6) is 0 Å². The number of morpholine rings is 1. The number of halogens is 1. The Kier molecular flexibility index (Phi) is 6.99. The monoisotopic (exact) mass is 336 g/mol. The number of guanidine groups is 1. The highest BCUT2D eigenvalue weighted by atomic mass is 19.1. The van der Waals surface area contributed by atoms with Crippen LogP contribution < -0.4 is 10.6 Å². The van der Waals surface area contributed by atoms with Crippen molar-refractivity contribution < 1.29 is 9.13 Å². The molecule has 134 valence electrons. The molecule has 0 radical (unpaired) electrons. The van der Waals surface area contributed by atoms with Gasteiger partial charge in [-0.05, 0) is 38.0 Å². The van der Waals surface area contributed by atoms with Crippen LogP contribution in [0.15, 0.2) is 23.2 Å². The molecule has 0 aromatic heterocycles. The minimum absolute atomic E-state index is 0.172. The van der Waals surface area contributed by atoms with Crippen LogP contribution in [-0.4, -0.2) is 56.3 Å². The molecule has 2 N–H and O–H groups in total. The van der Waals surface area contributed by atoms with E-state index in [1.807, 2.05) is 6.07 Å². The molecule has 5 nitrogen and oxygen atoms in total. The largest absolute Gasteiger partial charge is 0.379 e. The van der Waals surface area contributed by atoms with Crippen molar-refractivity contribution >= 4 is 5.96 Å². The normalized spacial score (nSPS) is 20.7. The predicted molar refractivity (Wildman–Crippen MR) is 95.8 cm³/mol. The maximum absolute atomic E-state index is 13.3. The molecule has 1 aliphatic heterocycles. The number of rotatable bonds is 5. The number of nitrogens with one attached hydrogen (secondary N) is 2. The van der Waals surface area contributed by atoms with Crippen LogP contribution in [0, 0.1) is 12.7 Å². The van der Waals surface area contributed by atoms with E-state index in [2.05, 4.69) is 34.4 Å². The molecular formula is C18H29FN4O. The Morgan fingerprint density at radius 2 is 2.25 bits per heavy atom. The standard InChI is InChI=1S/C18H29FN4O/c1-13-9-16(5-6-17(13)19)11-22-18(20-4)21-10-14(2)23-7-8-24-12-15(23)3/h5-6,9,14-15H,7-8,10-12H2,1-4H3,(H2,20,21,22). The zero-order chi connectivity index (χ0) is 17.5. The first-order chi connectivity index (χ1) is 11.5. The van der Waals surface area contributed by atoms with E-state index in [9.17, 15) is 4.39 Å². The highest BCUT2D eigenvalue weighted by Crippen LogP contribution is 2.10. The van der Waals surface area contributed by atoms with Gasteiger partial charge in [0.05, 0.1) is 13.2 Å². The molecule has 1 saturated heterocycles. The van der Waals surface area contributed by atoms with Crippen molar-refractivity contribution in [2.45, 2.75) is 39.4 Å². The number of ether oxygens (including phenoxy) is 1. The second-order valence-corrected chi connectivity index (χ2v) is 6.40. The van der Waals surface area contributed by atoms with E-state index >= 15 is 0 Å². The highest BCUT2D eigenvalue weighted by molar-refractivity contribution is 5.79. The Bertz CT molecular complexity index is 564. The summed E-state index contributed by atoms with van der Waals surface area (Å²) in [5, 5.41) is 6.64.